The van der Waals surface area contributed by atoms with Gasteiger partial charge >= 0.3 is 0 Å². The molecule has 0 aliphatic carbocycles. The lowest BCUT2D eigenvalue weighted by atomic mass is 9.79. The minimum absolute atomic E-state index is 0.0139. The third-order valence-corrected chi connectivity index (χ3v) is 3.67. The molecule has 0 aromatic heterocycles. The SMILES string of the molecule is CCC(C)[C@H](C(=O)C(C)(C)C)N(C)C(C)(C)C. The van der Waals surface area contributed by atoms with E-state index in [1.807, 2.05) is 20.8 Å². The molecule has 0 aliphatic heterocycles. The lowest BCUT2D eigenvalue weighted by molar-refractivity contribution is -0.135. The maximum Gasteiger partial charge on any atom is 0.155 e. The van der Waals surface area contributed by atoms with Gasteiger partial charge in [0.15, 0.2) is 5.78 Å². The fourth-order valence-electron chi connectivity index (χ4n) is 1.90. The fourth-order valence-corrected chi connectivity index (χ4v) is 1.90. The van der Waals surface area contributed by atoms with Gasteiger partial charge in [-0.25, -0.2) is 0 Å². The molecule has 1 unspecified atom stereocenters. The first-order chi connectivity index (χ1) is 7.42. The first kappa shape index (κ1) is 16.6. The second kappa shape index (κ2) is 5.51. The summed E-state index contributed by atoms with van der Waals surface area (Å²) in [6.45, 7) is 16.9. The van der Waals surface area contributed by atoms with Crippen molar-refractivity contribution < 1.29 is 4.79 Å². The van der Waals surface area contributed by atoms with Gasteiger partial charge in [0.1, 0.15) is 0 Å². The average Bonchev–Trinajstić information content (AvgIpc) is 2.14. The maximum atomic E-state index is 12.6. The number of hydrogen-bond acceptors (Lipinski definition) is 2. The zero-order chi connectivity index (χ0) is 14.0. The molecule has 0 heterocycles. The Labute approximate surface area is 108 Å². The Hall–Kier alpha value is -0.370. The van der Waals surface area contributed by atoms with E-state index in [1.54, 1.807) is 0 Å². The average molecular weight is 241 g/mol. The van der Waals surface area contributed by atoms with Crippen LogP contribution in [0.2, 0.25) is 0 Å². The van der Waals surface area contributed by atoms with Crippen molar-refractivity contribution in [3.63, 3.8) is 0 Å². The number of carbonyl (C=O) groups is 1. The summed E-state index contributed by atoms with van der Waals surface area (Å²) in [7, 11) is 2.07. The molecule has 0 N–H and O–H groups in total. The summed E-state index contributed by atoms with van der Waals surface area (Å²) < 4.78 is 0. The van der Waals surface area contributed by atoms with Crippen molar-refractivity contribution in [2.24, 2.45) is 11.3 Å². The van der Waals surface area contributed by atoms with E-state index in [0.717, 1.165) is 6.42 Å². The van der Waals surface area contributed by atoms with Gasteiger partial charge < -0.3 is 0 Å². The van der Waals surface area contributed by atoms with Crippen molar-refractivity contribution in [2.75, 3.05) is 7.05 Å². The summed E-state index contributed by atoms with van der Waals surface area (Å²) >= 11 is 0. The second-order valence-corrected chi connectivity index (χ2v) is 7.23. The number of carbonyl (C=O) groups excluding carboxylic acids is 1. The summed E-state index contributed by atoms with van der Waals surface area (Å²) in [5.74, 6) is 0.746. The van der Waals surface area contributed by atoms with E-state index in [4.69, 9.17) is 0 Å². The summed E-state index contributed by atoms with van der Waals surface area (Å²) in [4.78, 5) is 14.8. The number of nitrogens with zero attached hydrogens (tertiary/aromatic N) is 1. The van der Waals surface area contributed by atoms with Crippen LogP contribution in [0, 0.1) is 11.3 Å². The largest absolute Gasteiger partial charge is 0.297 e. The van der Waals surface area contributed by atoms with Crippen LogP contribution in [-0.4, -0.2) is 29.3 Å². The Bertz CT molecular complexity index is 257. The van der Waals surface area contributed by atoms with Crippen LogP contribution in [-0.2, 0) is 4.79 Å². The maximum absolute atomic E-state index is 12.6. The van der Waals surface area contributed by atoms with Gasteiger partial charge in [-0.05, 0) is 33.7 Å². The molecule has 0 rings (SSSR count). The van der Waals surface area contributed by atoms with Crippen LogP contribution in [0.15, 0.2) is 0 Å². The molecule has 0 spiro atoms. The monoisotopic (exact) mass is 241 g/mol. The van der Waals surface area contributed by atoms with Crippen LogP contribution in [0.4, 0.5) is 0 Å². The Morgan fingerprint density at radius 2 is 1.53 bits per heavy atom. The molecule has 0 amide bonds. The van der Waals surface area contributed by atoms with Gasteiger partial charge in [0.25, 0.3) is 0 Å². The van der Waals surface area contributed by atoms with E-state index in [-0.39, 0.29) is 17.0 Å². The van der Waals surface area contributed by atoms with Gasteiger partial charge in [0.05, 0.1) is 6.04 Å². The Balaban J connectivity index is 5.24. The third-order valence-electron chi connectivity index (χ3n) is 3.67. The number of hydrogen-bond donors (Lipinski definition) is 0. The van der Waals surface area contributed by atoms with Crippen molar-refractivity contribution in [2.45, 2.75) is 73.4 Å². The molecule has 2 nitrogen and oxygen atoms in total. The van der Waals surface area contributed by atoms with E-state index >= 15 is 0 Å². The van der Waals surface area contributed by atoms with Crippen LogP contribution in [0.25, 0.3) is 0 Å². The quantitative estimate of drug-likeness (QED) is 0.747. The van der Waals surface area contributed by atoms with Gasteiger partial charge in [0, 0.05) is 11.0 Å². The molecule has 0 radical (unpaired) electrons. The topological polar surface area (TPSA) is 20.3 Å². The minimum Gasteiger partial charge on any atom is -0.297 e. The fraction of sp³-hybridized carbons (Fsp3) is 0.933. The molecule has 0 bridgehead atoms. The Morgan fingerprint density at radius 3 is 1.76 bits per heavy atom. The zero-order valence-corrected chi connectivity index (χ0v) is 13.2. The molecular formula is C15H31NO. The molecule has 2 atom stereocenters. The summed E-state index contributed by atoms with van der Waals surface area (Å²) in [6, 6.07) is 0.0139. The van der Waals surface area contributed by atoms with E-state index < -0.39 is 0 Å². The lowest BCUT2D eigenvalue weighted by Crippen LogP contribution is -2.54. The molecule has 2 heteroatoms. The van der Waals surface area contributed by atoms with Crippen molar-refractivity contribution >= 4 is 5.78 Å². The van der Waals surface area contributed by atoms with Crippen molar-refractivity contribution in [3.8, 4) is 0 Å². The molecule has 0 aromatic carbocycles. The molecule has 0 aliphatic rings. The van der Waals surface area contributed by atoms with Crippen molar-refractivity contribution in [3.05, 3.63) is 0 Å². The standard InChI is InChI=1S/C15H31NO/c1-10-11(2)12(13(17)14(3,4)5)16(9)15(6,7)8/h11-12H,10H2,1-9H3/t11?,12-/m1/s1. The van der Waals surface area contributed by atoms with Crippen LogP contribution in [0.5, 0.6) is 0 Å². The van der Waals surface area contributed by atoms with E-state index in [2.05, 4.69) is 46.6 Å². The highest BCUT2D eigenvalue weighted by atomic mass is 16.1. The van der Waals surface area contributed by atoms with Crippen LogP contribution >= 0.6 is 0 Å². The molecule has 0 saturated heterocycles. The molecule has 0 aromatic rings. The van der Waals surface area contributed by atoms with Gasteiger partial charge in [-0.3, -0.25) is 9.69 Å². The smallest absolute Gasteiger partial charge is 0.155 e. The number of rotatable bonds is 4. The highest BCUT2D eigenvalue weighted by Crippen LogP contribution is 2.28. The second-order valence-electron chi connectivity index (χ2n) is 7.23. The van der Waals surface area contributed by atoms with Crippen LogP contribution in [0.3, 0.4) is 0 Å². The van der Waals surface area contributed by atoms with Crippen molar-refractivity contribution in [1.29, 1.82) is 0 Å². The summed E-state index contributed by atoms with van der Waals surface area (Å²) in [5, 5.41) is 0. The first-order valence-corrected chi connectivity index (χ1v) is 6.70. The molecule has 17 heavy (non-hydrogen) atoms. The molecule has 0 fully saturated rings. The summed E-state index contributed by atoms with van der Waals surface area (Å²) in [6.07, 6.45) is 1.03. The third kappa shape index (κ3) is 4.42. The van der Waals surface area contributed by atoms with Gasteiger partial charge in [-0.15, -0.1) is 0 Å². The van der Waals surface area contributed by atoms with Gasteiger partial charge in [-0.1, -0.05) is 41.0 Å². The predicted octanol–water partition coefficient (Wildman–Crippen LogP) is 3.75. The number of Topliss-reactive ketones (excluding diaryl/α,β-unsaturated/α-hetero) is 1. The molecule has 102 valence electrons. The molecule has 0 saturated carbocycles. The van der Waals surface area contributed by atoms with Gasteiger partial charge in [0.2, 0.25) is 0 Å². The highest BCUT2D eigenvalue weighted by molar-refractivity contribution is 5.89. The van der Waals surface area contributed by atoms with Crippen LogP contribution in [0.1, 0.15) is 61.8 Å². The number of likely N-dealkylation sites (N-methyl/N-ethyl adjacent to an activating group) is 1. The predicted molar refractivity (Wildman–Crippen MR) is 75.2 cm³/mol. The van der Waals surface area contributed by atoms with Crippen LogP contribution < -0.4 is 0 Å². The normalized spacial score (nSPS) is 17.1. The summed E-state index contributed by atoms with van der Waals surface area (Å²) in [5.41, 5.74) is -0.247. The Kier molecular flexibility index (Phi) is 5.39. The zero-order valence-electron chi connectivity index (χ0n) is 13.2. The first-order valence-electron chi connectivity index (χ1n) is 6.70. The highest BCUT2D eigenvalue weighted by Gasteiger charge is 2.38. The Morgan fingerprint density at radius 1 is 1.12 bits per heavy atom. The van der Waals surface area contributed by atoms with E-state index in [9.17, 15) is 4.79 Å². The minimum atomic E-state index is -0.270. The van der Waals surface area contributed by atoms with E-state index in [0.29, 0.717) is 11.7 Å². The lowest BCUT2D eigenvalue weighted by Gasteiger charge is -2.42. The van der Waals surface area contributed by atoms with E-state index in [1.165, 1.54) is 0 Å². The van der Waals surface area contributed by atoms with Crippen molar-refractivity contribution in [1.82, 2.24) is 4.90 Å². The van der Waals surface area contributed by atoms with Gasteiger partial charge in [-0.2, -0.15) is 0 Å². The molecular weight excluding hydrogens is 210 g/mol. The number of ketones is 1.